The van der Waals surface area contributed by atoms with Crippen LogP contribution in [0.25, 0.3) is 0 Å². The second kappa shape index (κ2) is 4.97. The highest BCUT2D eigenvalue weighted by Gasteiger charge is 2.33. The molecule has 2 saturated heterocycles. The summed E-state index contributed by atoms with van der Waals surface area (Å²) in [5.41, 5.74) is 0.198. The van der Waals surface area contributed by atoms with Gasteiger partial charge in [0.05, 0.1) is 5.92 Å². The monoisotopic (exact) mass is 238 g/mol. The molecule has 2 rings (SSSR count). The molecule has 0 radical (unpaired) electrons. The van der Waals surface area contributed by atoms with Gasteiger partial charge in [0, 0.05) is 25.2 Å². The lowest BCUT2D eigenvalue weighted by atomic mass is 9.92. The minimum atomic E-state index is 0.198. The molecule has 0 bridgehead atoms. The van der Waals surface area contributed by atoms with E-state index < -0.39 is 0 Å². The van der Waals surface area contributed by atoms with E-state index in [0.717, 1.165) is 32.6 Å². The van der Waals surface area contributed by atoms with Crippen LogP contribution in [-0.2, 0) is 4.79 Å². The van der Waals surface area contributed by atoms with Crippen LogP contribution in [0.5, 0.6) is 0 Å². The normalized spacial score (nSPS) is 27.5. The van der Waals surface area contributed by atoms with Gasteiger partial charge in [0.2, 0.25) is 5.91 Å². The van der Waals surface area contributed by atoms with E-state index in [2.05, 4.69) is 30.6 Å². The van der Waals surface area contributed by atoms with Gasteiger partial charge in [-0.1, -0.05) is 0 Å². The summed E-state index contributed by atoms with van der Waals surface area (Å²) in [6.45, 7) is 10.8. The minimum absolute atomic E-state index is 0.198. The fourth-order valence-electron chi connectivity index (χ4n) is 2.98. The fraction of sp³-hybridized carbons (Fsp3) is 0.929. The predicted molar refractivity (Wildman–Crippen MR) is 69.9 cm³/mol. The van der Waals surface area contributed by atoms with Crippen LogP contribution in [0.1, 0.15) is 46.5 Å². The molecule has 0 saturated carbocycles. The zero-order valence-electron chi connectivity index (χ0n) is 11.5. The van der Waals surface area contributed by atoms with Crippen LogP contribution >= 0.6 is 0 Å². The molecule has 3 nitrogen and oxygen atoms in total. The van der Waals surface area contributed by atoms with Crippen molar-refractivity contribution >= 4 is 5.91 Å². The molecule has 0 spiro atoms. The summed E-state index contributed by atoms with van der Waals surface area (Å²) in [4.78, 5) is 16.9. The van der Waals surface area contributed by atoms with E-state index in [4.69, 9.17) is 0 Å². The first-order valence-electron chi connectivity index (χ1n) is 7.02. The first kappa shape index (κ1) is 12.9. The molecule has 0 aliphatic carbocycles. The molecule has 3 heteroatoms. The fourth-order valence-corrected chi connectivity index (χ4v) is 2.98. The highest BCUT2D eigenvalue weighted by atomic mass is 16.2. The first-order valence-corrected chi connectivity index (χ1v) is 7.02. The molecule has 0 unspecified atom stereocenters. The molecule has 0 aromatic heterocycles. The number of carbonyl (C=O) groups is 1. The Labute approximate surface area is 105 Å². The summed E-state index contributed by atoms with van der Waals surface area (Å²) in [5.74, 6) is 0.664. The molecule has 2 aliphatic rings. The smallest absolute Gasteiger partial charge is 0.226 e. The second-order valence-electron chi connectivity index (χ2n) is 6.49. The third kappa shape index (κ3) is 3.01. The number of amides is 1. The van der Waals surface area contributed by atoms with E-state index in [9.17, 15) is 4.79 Å². The van der Waals surface area contributed by atoms with Gasteiger partial charge in [-0.05, 0) is 53.0 Å². The zero-order valence-corrected chi connectivity index (χ0v) is 11.5. The molecule has 2 fully saturated rings. The van der Waals surface area contributed by atoms with Crippen molar-refractivity contribution in [2.75, 3.05) is 26.2 Å². The summed E-state index contributed by atoms with van der Waals surface area (Å²) >= 11 is 0. The van der Waals surface area contributed by atoms with Crippen molar-refractivity contribution in [2.45, 2.75) is 52.0 Å². The molecule has 1 atom stereocenters. The van der Waals surface area contributed by atoms with Crippen molar-refractivity contribution in [3.05, 3.63) is 0 Å². The van der Waals surface area contributed by atoms with E-state index in [1.165, 1.54) is 19.3 Å². The number of hydrogen-bond donors (Lipinski definition) is 0. The topological polar surface area (TPSA) is 23.6 Å². The second-order valence-corrected chi connectivity index (χ2v) is 6.49. The van der Waals surface area contributed by atoms with Gasteiger partial charge in [-0.25, -0.2) is 0 Å². The number of carbonyl (C=O) groups excluding carboxylic acids is 1. The van der Waals surface area contributed by atoms with E-state index >= 15 is 0 Å². The van der Waals surface area contributed by atoms with Crippen LogP contribution in [0.2, 0.25) is 0 Å². The van der Waals surface area contributed by atoms with Crippen LogP contribution < -0.4 is 0 Å². The molecule has 98 valence electrons. The summed E-state index contributed by atoms with van der Waals surface area (Å²) in [7, 11) is 0. The van der Waals surface area contributed by atoms with E-state index in [0.29, 0.717) is 5.91 Å². The minimum Gasteiger partial charge on any atom is -0.342 e. The molecule has 17 heavy (non-hydrogen) atoms. The number of rotatable bonds is 1. The van der Waals surface area contributed by atoms with Gasteiger partial charge in [0.1, 0.15) is 0 Å². The lowest BCUT2D eigenvalue weighted by Crippen LogP contribution is -2.50. The Morgan fingerprint density at radius 2 is 1.71 bits per heavy atom. The van der Waals surface area contributed by atoms with Gasteiger partial charge in [-0.3, -0.25) is 9.69 Å². The quantitative estimate of drug-likeness (QED) is 0.698. The molecule has 2 aliphatic heterocycles. The van der Waals surface area contributed by atoms with Crippen molar-refractivity contribution in [1.82, 2.24) is 9.80 Å². The predicted octanol–water partition coefficient (Wildman–Crippen LogP) is 2.12. The van der Waals surface area contributed by atoms with Crippen molar-refractivity contribution in [3.8, 4) is 0 Å². The molecular formula is C14H26N2O. The number of likely N-dealkylation sites (tertiary alicyclic amines) is 2. The zero-order chi connectivity index (χ0) is 12.5. The Morgan fingerprint density at radius 3 is 2.29 bits per heavy atom. The van der Waals surface area contributed by atoms with Gasteiger partial charge in [-0.2, -0.15) is 0 Å². The van der Waals surface area contributed by atoms with Crippen molar-refractivity contribution in [1.29, 1.82) is 0 Å². The molecule has 0 aromatic rings. The number of piperidine rings is 1. The highest BCUT2D eigenvalue weighted by Crippen LogP contribution is 2.26. The maximum atomic E-state index is 12.4. The lowest BCUT2D eigenvalue weighted by molar-refractivity contribution is -0.137. The van der Waals surface area contributed by atoms with E-state index in [1.54, 1.807) is 0 Å². The number of hydrogen-bond acceptors (Lipinski definition) is 2. The SMILES string of the molecule is CC(C)(C)N1CCC[C@@H](C(=O)N2CCCC2)C1. The Kier molecular flexibility index (Phi) is 3.76. The Bertz CT molecular complexity index is 276. The van der Waals surface area contributed by atoms with Crippen LogP contribution in [0.3, 0.4) is 0 Å². The molecule has 1 amide bonds. The number of nitrogens with zero attached hydrogens (tertiary/aromatic N) is 2. The van der Waals surface area contributed by atoms with E-state index in [-0.39, 0.29) is 11.5 Å². The maximum Gasteiger partial charge on any atom is 0.226 e. The average Bonchev–Trinajstić information content (AvgIpc) is 2.80. The van der Waals surface area contributed by atoms with Crippen LogP contribution in [-0.4, -0.2) is 47.4 Å². The standard InChI is InChI=1S/C14H26N2O/c1-14(2,3)16-10-6-7-12(11-16)13(17)15-8-4-5-9-15/h12H,4-11H2,1-3H3/t12-/m1/s1. The van der Waals surface area contributed by atoms with Gasteiger partial charge >= 0.3 is 0 Å². The van der Waals surface area contributed by atoms with Crippen LogP contribution in [0.15, 0.2) is 0 Å². The van der Waals surface area contributed by atoms with Gasteiger partial charge in [0.15, 0.2) is 0 Å². The Hall–Kier alpha value is -0.570. The van der Waals surface area contributed by atoms with E-state index in [1.807, 2.05) is 0 Å². The lowest BCUT2D eigenvalue weighted by Gasteiger charge is -2.41. The van der Waals surface area contributed by atoms with Crippen molar-refractivity contribution in [2.24, 2.45) is 5.92 Å². The molecule has 0 aromatic carbocycles. The van der Waals surface area contributed by atoms with Gasteiger partial charge in [-0.15, -0.1) is 0 Å². The Balaban J connectivity index is 1.94. The Morgan fingerprint density at radius 1 is 1.06 bits per heavy atom. The van der Waals surface area contributed by atoms with Crippen LogP contribution in [0, 0.1) is 5.92 Å². The maximum absolute atomic E-state index is 12.4. The van der Waals surface area contributed by atoms with Gasteiger partial charge < -0.3 is 4.90 Å². The summed E-state index contributed by atoms with van der Waals surface area (Å²) < 4.78 is 0. The highest BCUT2D eigenvalue weighted by molar-refractivity contribution is 5.79. The third-order valence-electron chi connectivity index (χ3n) is 4.14. The molecular weight excluding hydrogens is 212 g/mol. The average molecular weight is 238 g/mol. The summed E-state index contributed by atoms with van der Waals surface area (Å²) in [5, 5.41) is 0. The van der Waals surface area contributed by atoms with Gasteiger partial charge in [0.25, 0.3) is 0 Å². The van der Waals surface area contributed by atoms with Crippen molar-refractivity contribution in [3.63, 3.8) is 0 Å². The summed E-state index contributed by atoms with van der Waals surface area (Å²) in [6, 6.07) is 0. The third-order valence-corrected chi connectivity index (χ3v) is 4.14. The van der Waals surface area contributed by atoms with Crippen molar-refractivity contribution < 1.29 is 4.79 Å². The van der Waals surface area contributed by atoms with Crippen LogP contribution in [0.4, 0.5) is 0 Å². The first-order chi connectivity index (χ1) is 7.98. The summed E-state index contributed by atoms with van der Waals surface area (Å²) in [6.07, 6.45) is 4.65. The molecule has 0 N–H and O–H groups in total. The largest absolute Gasteiger partial charge is 0.342 e. The molecule has 2 heterocycles.